The molecule has 0 aromatic carbocycles. The van der Waals surface area contributed by atoms with Gasteiger partial charge in [0.15, 0.2) is 0 Å². The summed E-state index contributed by atoms with van der Waals surface area (Å²) in [4.78, 5) is 12.8. The van der Waals surface area contributed by atoms with Gasteiger partial charge in [0.05, 0.1) is 12.1 Å². The minimum Gasteiger partial charge on any atom is -0.377 e. The highest BCUT2D eigenvalue weighted by atomic mass is 16.5. The van der Waals surface area contributed by atoms with Crippen LogP contribution in [0.5, 0.6) is 0 Å². The second-order valence-corrected chi connectivity index (χ2v) is 4.22. The molecule has 1 aliphatic heterocycles. The third kappa shape index (κ3) is 4.59. The minimum atomic E-state index is -0.585. The number of ether oxygens (including phenoxy) is 1. The van der Waals surface area contributed by atoms with E-state index in [1.807, 2.05) is 11.9 Å². The zero-order chi connectivity index (χ0) is 11.3. The van der Waals surface area contributed by atoms with Crippen LogP contribution in [0.4, 0.5) is 0 Å². The molecule has 1 saturated heterocycles. The second kappa shape index (κ2) is 6.05. The van der Waals surface area contributed by atoms with Gasteiger partial charge in [-0.05, 0) is 26.3 Å². The third-order valence-corrected chi connectivity index (χ3v) is 2.66. The van der Waals surface area contributed by atoms with Crippen molar-refractivity contribution in [2.75, 3.05) is 26.7 Å². The predicted octanol–water partition coefficient (Wildman–Crippen LogP) is -0.700. The van der Waals surface area contributed by atoms with E-state index >= 15 is 0 Å². The van der Waals surface area contributed by atoms with E-state index in [1.165, 1.54) is 6.42 Å². The summed E-state index contributed by atoms with van der Waals surface area (Å²) in [6, 6.07) is -0.585. The Kier molecular flexibility index (Phi) is 5.01. The highest BCUT2D eigenvalue weighted by Gasteiger charge is 2.18. The Labute approximate surface area is 90.7 Å². The van der Waals surface area contributed by atoms with Gasteiger partial charge >= 0.3 is 0 Å². The van der Waals surface area contributed by atoms with Crippen molar-refractivity contribution in [1.29, 1.82) is 0 Å². The second-order valence-electron chi connectivity index (χ2n) is 4.22. The molecular weight excluding hydrogens is 194 g/mol. The number of hydrogen-bond donors (Lipinski definition) is 2. The smallest absolute Gasteiger partial charge is 0.235 e. The number of nitrogens with zero attached hydrogens (tertiary/aromatic N) is 1. The number of carbonyl (C=O) groups excluding carboxylic acids is 1. The molecule has 1 heterocycles. The first-order chi connectivity index (χ1) is 7.09. The molecule has 4 N–H and O–H groups in total. The van der Waals surface area contributed by atoms with Crippen LogP contribution in [0, 0.1) is 0 Å². The lowest BCUT2D eigenvalue weighted by Crippen LogP contribution is -2.46. The van der Waals surface area contributed by atoms with Crippen LogP contribution in [0.1, 0.15) is 19.3 Å². The molecule has 5 nitrogen and oxygen atoms in total. The average Bonchev–Trinajstić information content (AvgIpc) is 2.18. The molecule has 0 aromatic rings. The van der Waals surface area contributed by atoms with Crippen LogP contribution in [-0.4, -0.2) is 49.7 Å². The van der Waals surface area contributed by atoms with Gasteiger partial charge in [-0.25, -0.2) is 0 Å². The molecule has 2 atom stereocenters. The highest BCUT2D eigenvalue weighted by molar-refractivity contribution is 5.79. The van der Waals surface area contributed by atoms with Crippen LogP contribution in [0.15, 0.2) is 0 Å². The van der Waals surface area contributed by atoms with Crippen LogP contribution < -0.4 is 11.5 Å². The van der Waals surface area contributed by atoms with Gasteiger partial charge in [0.2, 0.25) is 5.91 Å². The fraction of sp³-hybridized carbons (Fsp3) is 0.900. The van der Waals surface area contributed by atoms with Crippen molar-refractivity contribution in [3.05, 3.63) is 0 Å². The number of carbonyl (C=O) groups is 1. The van der Waals surface area contributed by atoms with Crippen LogP contribution in [-0.2, 0) is 9.53 Å². The third-order valence-electron chi connectivity index (χ3n) is 2.66. The van der Waals surface area contributed by atoms with E-state index < -0.39 is 11.9 Å². The summed E-state index contributed by atoms with van der Waals surface area (Å²) in [7, 11) is 1.93. The zero-order valence-electron chi connectivity index (χ0n) is 9.32. The number of hydrogen-bond acceptors (Lipinski definition) is 4. The number of nitrogens with two attached hydrogens (primary N) is 2. The molecule has 15 heavy (non-hydrogen) atoms. The van der Waals surface area contributed by atoms with Crippen LogP contribution >= 0.6 is 0 Å². The van der Waals surface area contributed by atoms with Gasteiger partial charge in [0, 0.05) is 19.7 Å². The zero-order valence-corrected chi connectivity index (χ0v) is 9.32. The highest BCUT2D eigenvalue weighted by Crippen LogP contribution is 2.13. The fourth-order valence-corrected chi connectivity index (χ4v) is 1.80. The maximum absolute atomic E-state index is 10.8. The molecule has 0 aliphatic carbocycles. The van der Waals surface area contributed by atoms with Crippen molar-refractivity contribution >= 4 is 5.91 Å². The molecule has 1 fully saturated rings. The van der Waals surface area contributed by atoms with Crippen molar-refractivity contribution in [3.8, 4) is 0 Å². The number of rotatable bonds is 5. The van der Waals surface area contributed by atoms with Gasteiger partial charge in [0.25, 0.3) is 0 Å². The topological polar surface area (TPSA) is 81.6 Å². The lowest BCUT2D eigenvalue weighted by atomic mass is 10.1. The molecule has 0 radical (unpaired) electrons. The van der Waals surface area contributed by atoms with Crippen LogP contribution in [0.3, 0.4) is 0 Å². The lowest BCUT2D eigenvalue weighted by Gasteiger charge is -2.28. The standard InChI is InChI=1S/C10H21N3O2/c1-13(7-9(11)10(12)14)6-8-4-2-3-5-15-8/h8-9H,2-7,11H2,1H3,(H2,12,14). The first-order valence-electron chi connectivity index (χ1n) is 5.44. The van der Waals surface area contributed by atoms with Crippen molar-refractivity contribution in [1.82, 2.24) is 4.90 Å². The molecule has 88 valence electrons. The van der Waals surface area contributed by atoms with Gasteiger partial charge in [-0.1, -0.05) is 0 Å². The summed E-state index contributed by atoms with van der Waals surface area (Å²) in [5.74, 6) is -0.452. The SMILES string of the molecule is CN(CC1CCCCO1)CC(N)C(N)=O. The van der Waals surface area contributed by atoms with Crippen LogP contribution in [0.2, 0.25) is 0 Å². The molecule has 0 aromatic heterocycles. The van der Waals surface area contributed by atoms with Crippen molar-refractivity contribution in [2.45, 2.75) is 31.4 Å². The molecule has 1 rings (SSSR count). The lowest BCUT2D eigenvalue weighted by molar-refractivity contribution is -0.119. The Morgan fingerprint density at radius 1 is 1.60 bits per heavy atom. The van der Waals surface area contributed by atoms with E-state index in [4.69, 9.17) is 16.2 Å². The first kappa shape index (κ1) is 12.4. The van der Waals surface area contributed by atoms with Gasteiger partial charge in [0.1, 0.15) is 0 Å². The van der Waals surface area contributed by atoms with Crippen molar-refractivity contribution < 1.29 is 9.53 Å². The Balaban J connectivity index is 2.22. The number of primary amides is 1. The maximum atomic E-state index is 10.8. The summed E-state index contributed by atoms with van der Waals surface area (Å²) in [6.07, 6.45) is 3.75. The summed E-state index contributed by atoms with van der Waals surface area (Å²) in [6.45, 7) is 2.16. The average molecular weight is 215 g/mol. The summed E-state index contributed by atoms with van der Waals surface area (Å²) in [5.41, 5.74) is 10.7. The molecular formula is C10H21N3O2. The van der Waals surface area contributed by atoms with E-state index in [9.17, 15) is 4.79 Å². The Hall–Kier alpha value is -0.650. The van der Waals surface area contributed by atoms with E-state index in [0.717, 1.165) is 26.0 Å². The van der Waals surface area contributed by atoms with E-state index in [2.05, 4.69) is 0 Å². The van der Waals surface area contributed by atoms with E-state index in [-0.39, 0.29) is 6.10 Å². The largest absolute Gasteiger partial charge is 0.377 e. The fourth-order valence-electron chi connectivity index (χ4n) is 1.80. The molecule has 1 amide bonds. The van der Waals surface area contributed by atoms with Gasteiger partial charge in [-0.15, -0.1) is 0 Å². The molecule has 0 saturated carbocycles. The summed E-state index contributed by atoms with van der Waals surface area (Å²) < 4.78 is 5.59. The van der Waals surface area contributed by atoms with Crippen molar-refractivity contribution in [2.24, 2.45) is 11.5 Å². The van der Waals surface area contributed by atoms with Gasteiger partial charge < -0.3 is 21.1 Å². The Bertz CT molecular complexity index is 205. The Morgan fingerprint density at radius 3 is 2.87 bits per heavy atom. The minimum absolute atomic E-state index is 0.281. The van der Waals surface area contributed by atoms with E-state index in [1.54, 1.807) is 0 Å². The van der Waals surface area contributed by atoms with E-state index in [0.29, 0.717) is 6.54 Å². The summed E-state index contributed by atoms with van der Waals surface area (Å²) in [5, 5.41) is 0. The molecule has 2 unspecified atom stereocenters. The molecule has 1 aliphatic rings. The molecule has 0 spiro atoms. The molecule has 0 bridgehead atoms. The number of amides is 1. The molecule has 5 heteroatoms. The monoisotopic (exact) mass is 215 g/mol. The maximum Gasteiger partial charge on any atom is 0.235 e. The van der Waals surface area contributed by atoms with Gasteiger partial charge in [-0.3, -0.25) is 4.79 Å². The number of likely N-dealkylation sites (N-methyl/N-ethyl adjacent to an activating group) is 1. The quantitative estimate of drug-likeness (QED) is 0.635. The Morgan fingerprint density at radius 2 is 2.33 bits per heavy atom. The van der Waals surface area contributed by atoms with Gasteiger partial charge in [-0.2, -0.15) is 0 Å². The summed E-state index contributed by atoms with van der Waals surface area (Å²) >= 11 is 0. The first-order valence-corrected chi connectivity index (χ1v) is 5.44. The van der Waals surface area contributed by atoms with Crippen molar-refractivity contribution in [3.63, 3.8) is 0 Å². The predicted molar refractivity (Wildman–Crippen MR) is 58.3 cm³/mol. The van der Waals surface area contributed by atoms with Crippen LogP contribution in [0.25, 0.3) is 0 Å². The normalized spacial score (nSPS) is 24.1.